The van der Waals surface area contributed by atoms with Crippen LogP contribution < -0.4 is 15.4 Å². The van der Waals surface area contributed by atoms with Crippen LogP contribution in [0.5, 0.6) is 5.75 Å². The van der Waals surface area contributed by atoms with Gasteiger partial charge in [-0.25, -0.2) is 0 Å². The second-order valence-corrected chi connectivity index (χ2v) is 5.08. The van der Waals surface area contributed by atoms with E-state index in [4.69, 9.17) is 0 Å². The Bertz CT molecular complexity index is 458. The summed E-state index contributed by atoms with van der Waals surface area (Å²) in [6.07, 6.45) is -4.71. The van der Waals surface area contributed by atoms with E-state index in [2.05, 4.69) is 15.4 Å². The first-order valence-corrected chi connectivity index (χ1v) is 6.57. The minimum Gasteiger partial charge on any atom is -0.406 e. The molecule has 0 bridgehead atoms. The Labute approximate surface area is 121 Å². The zero-order valence-corrected chi connectivity index (χ0v) is 12.1. The Morgan fingerprint density at radius 3 is 2.24 bits per heavy atom. The third kappa shape index (κ3) is 6.87. The number of benzene rings is 1. The van der Waals surface area contributed by atoms with Crippen molar-refractivity contribution in [2.75, 3.05) is 11.9 Å². The number of amides is 1. The van der Waals surface area contributed by atoms with Gasteiger partial charge in [-0.05, 0) is 37.1 Å². The molecule has 0 spiro atoms. The molecular formula is C14H19F3N2O2. The number of alkyl halides is 3. The molecule has 0 unspecified atom stereocenters. The molecule has 118 valence electrons. The Morgan fingerprint density at radius 1 is 1.19 bits per heavy atom. The van der Waals surface area contributed by atoms with Gasteiger partial charge in [0.15, 0.2) is 0 Å². The smallest absolute Gasteiger partial charge is 0.406 e. The van der Waals surface area contributed by atoms with Crippen LogP contribution in [0.2, 0.25) is 0 Å². The highest BCUT2D eigenvalue weighted by Gasteiger charge is 2.30. The number of carbonyl (C=O) groups excluding carboxylic acids is 1. The van der Waals surface area contributed by atoms with Crippen LogP contribution in [0, 0.1) is 5.92 Å². The van der Waals surface area contributed by atoms with Gasteiger partial charge in [-0.3, -0.25) is 4.79 Å². The molecule has 2 N–H and O–H groups in total. The lowest BCUT2D eigenvalue weighted by Crippen LogP contribution is -2.39. The topological polar surface area (TPSA) is 50.4 Å². The Hall–Kier alpha value is -1.92. The lowest BCUT2D eigenvalue weighted by Gasteiger charge is -2.16. The number of carbonyl (C=O) groups is 1. The summed E-state index contributed by atoms with van der Waals surface area (Å²) in [4.78, 5) is 11.8. The van der Waals surface area contributed by atoms with E-state index in [1.165, 1.54) is 24.3 Å². The molecule has 21 heavy (non-hydrogen) atoms. The summed E-state index contributed by atoms with van der Waals surface area (Å²) in [5, 5.41) is 5.68. The van der Waals surface area contributed by atoms with Crippen molar-refractivity contribution in [3.63, 3.8) is 0 Å². The first-order chi connectivity index (χ1) is 9.67. The van der Waals surface area contributed by atoms with Gasteiger partial charge >= 0.3 is 6.36 Å². The van der Waals surface area contributed by atoms with Crippen molar-refractivity contribution in [3.8, 4) is 5.75 Å². The minimum absolute atomic E-state index is 0.167. The number of hydrogen-bond acceptors (Lipinski definition) is 3. The van der Waals surface area contributed by atoms with Gasteiger partial charge < -0.3 is 15.4 Å². The quantitative estimate of drug-likeness (QED) is 0.849. The molecule has 0 aliphatic carbocycles. The van der Waals surface area contributed by atoms with Crippen LogP contribution in [-0.2, 0) is 4.79 Å². The van der Waals surface area contributed by atoms with Crippen molar-refractivity contribution >= 4 is 11.6 Å². The summed E-state index contributed by atoms with van der Waals surface area (Å²) in [6, 6.07) is 4.74. The standard InChI is InChI=1S/C14H19F3N2O2/c1-9(2)8-18-13(20)10(3)19-11-4-6-12(7-5-11)21-14(15,16)17/h4-7,9-10,19H,8H2,1-3H3,(H,18,20)/t10-/m0/s1. The summed E-state index contributed by atoms with van der Waals surface area (Å²) >= 11 is 0. The molecule has 0 aliphatic rings. The monoisotopic (exact) mass is 304 g/mol. The zero-order valence-electron chi connectivity index (χ0n) is 12.1. The molecule has 1 atom stereocenters. The molecule has 0 aromatic heterocycles. The zero-order chi connectivity index (χ0) is 16.0. The molecule has 1 rings (SSSR count). The van der Waals surface area contributed by atoms with Crippen LogP contribution in [0.15, 0.2) is 24.3 Å². The summed E-state index contributed by atoms with van der Waals surface area (Å²) in [5.74, 6) is -0.121. The number of nitrogens with one attached hydrogen (secondary N) is 2. The van der Waals surface area contributed by atoms with E-state index >= 15 is 0 Å². The molecule has 0 heterocycles. The van der Waals surface area contributed by atoms with E-state index < -0.39 is 12.4 Å². The van der Waals surface area contributed by atoms with Crippen molar-refractivity contribution in [1.29, 1.82) is 0 Å². The molecule has 0 fully saturated rings. The maximum Gasteiger partial charge on any atom is 0.573 e. The summed E-state index contributed by atoms with van der Waals surface area (Å²) in [5.41, 5.74) is 0.539. The Morgan fingerprint density at radius 2 is 1.76 bits per heavy atom. The van der Waals surface area contributed by atoms with Gasteiger partial charge in [0, 0.05) is 12.2 Å². The van der Waals surface area contributed by atoms with Gasteiger partial charge in [-0.1, -0.05) is 13.8 Å². The highest BCUT2D eigenvalue weighted by Crippen LogP contribution is 2.24. The number of hydrogen-bond donors (Lipinski definition) is 2. The molecule has 0 radical (unpaired) electrons. The van der Waals surface area contributed by atoms with Crippen molar-refractivity contribution in [2.24, 2.45) is 5.92 Å². The first-order valence-electron chi connectivity index (χ1n) is 6.57. The molecular weight excluding hydrogens is 285 g/mol. The third-order valence-corrected chi connectivity index (χ3v) is 2.55. The molecule has 1 amide bonds. The van der Waals surface area contributed by atoms with Crippen LogP contribution in [-0.4, -0.2) is 24.9 Å². The Kier molecular flexibility index (Phi) is 5.87. The van der Waals surface area contributed by atoms with Crippen molar-refractivity contribution in [1.82, 2.24) is 5.32 Å². The van der Waals surface area contributed by atoms with Crippen molar-refractivity contribution < 1.29 is 22.7 Å². The molecule has 1 aromatic rings. The van der Waals surface area contributed by atoms with E-state index in [9.17, 15) is 18.0 Å². The molecule has 0 saturated carbocycles. The van der Waals surface area contributed by atoms with Crippen LogP contribution in [0.1, 0.15) is 20.8 Å². The average Bonchev–Trinajstić information content (AvgIpc) is 2.36. The number of rotatable bonds is 6. The lowest BCUT2D eigenvalue weighted by atomic mass is 10.2. The van der Waals surface area contributed by atoms with Gasteiger partial charge in [-0.2, -0.15) is 0 Å². The fourth-order valence-corrected chi connectivity index (χ4v) is 1.53. The number of anilines is 1. The largest absolute Gasteiger partial charge is 0.573 e. The van der Waals surface area contributed by atoms with Crippen LogP contribution >= 0.6 is 0 Å². The van der Waals surface area contributed by atoms with Crippen molar-refractivity contribution in [2.45, 2.75) is 33.2 Å². The lowest BCUT2D eigenvalue weighted by molar-refractivity contribution is -0.274. The van der Waals surface area contributed by atoms with Crippen LogP contribution in [0.3, 0.4) is 0 Å². The van der Waals surface area contributed by atoms with E-state index in [1.807, 2.05) is 13.8 Å². The fraction of sp³-hybridized carbons (Fsp3) is 0.500. The molecule has 0 saturated heterocycles. The van der Waals surface area contributed by atoms with Crippen molar-refractivity contribution in [3.05, 3.63) is 24.3 Å². The summed E-state index contributed by atoms with van der Waals surface area (Å²) < 4.78 is 39.8. The minimum atomic E-state index is -4.71. The maximum absolute atomic E-state index is 12.0. The van der Waals surface area contributed by atoms with Crippen LogP contribution in [0.4, 0.5) is 18.9 Å². The van der Waals surface area contributed by atoms with Gasteiger partial charge in [0.2, 0.25) is 5.91 Å². The highest BCUT2D eigenvalue weighted by atomic mass is 19.4. The fourth-order valence-electron chi connectivity index (χ4n) is 1.53. The number of halogens is 3. The summed E-state index contributed by atoms with van der Waals surface area (Å²) in [7, 11) is 0. The van der Waals surface area contributed by atoms with Gasteiger partial charge in [0.25, 0.3) is 0 Å². The molecule has 0 aliphatic heterocycles. The number of ether oxygens (including phenoxy) is 1. The van der Waals surface area contributed by atoms with Gasteiger partial charge in [0.1, 0.15) is 11.8 Å². The predicted molar refractivity (Wildman–Crippen MR) is 74.1 cm³/mol. The van der Waals surface area contributed by atoms with E-state index in [-0.39, 0.29) is 11.7 Å². The molecule has 1 aromatic carbocycles. The average molecular weight is 304 g/mol. The van der Waals surface area contributed by atoms with E-state index in [0.29, 0.717) is 18.2 Å². The molecule has 4 nitrogen and oxygen atoms in total. The summed E-state index contributed by atoms with van der Waals surface area (Å²) in [6.45, 7) is 6.22. The van der Waals surface area contributed by atoms with Gasteiger partial charge in [-0.15, -0.1) is 13.2 Å². The predicted octanol–water partition coefficient (Wildman–Crippen LogP) is 3.16. The molecule has 7 heteroatoms. The third-order valence-electron chi connectivity index (χ3n) is 2.55. The van der Waals surface area contributed by atoms with Gasteiger partial charge in [0.05, 0.1) is 0 Å². The highest BCUT2D eigenvalue weighted by molar-refractivity contribution is 5.84. The Balaban J connectivity index is 2.53. The van der Waals surface area contributed by atoms with E-state index in [1.54, 1.807) is 6.92 Å². The first kappa shape index (κ1) is 17.1. The normalized spacial score (nSPS) is 12.9. The van der Waals surface area contributed by atoms with E-state index in [0.717, 1.165) is 0 Å². The van der Waals surface area contributed by atoms with Crippen LogP contribution in [0.25, 0.3) is 0 Å². The SMILES string of the molecule is CC(C)CNC(=O)[C@H](C)Nc1ccc(OC(F)(F)F)cc1. The maximum atomic E-state index is 12.0. The second-order valence-electron chi connectivity index (χ2n) is 5.08. The second kappa shape index (κ2) is 7.19.